The lowest BCUT2D eigenvalue weighted by Gasteiger charge is -2.19. The quantitative estimate of drug-likeness (QED) is 0.565. The first-order valence-corrected chi connectivity index (χ1v) is 10.3. The van der Waals surface area contributed by atoms with Crippen molar-refractivity contribution in [1.82, 2.24) is 20.2 Å². The van der Waals surface area contributed by atoms with Gasteiger partial charge in [0.05, 0.1) is 18.9 Å². The number of hydrogen-bond donors (Lipinski definition) is 1. The summed E-state index contributed by atoms with van der Waals surface area (Å²) in [6.45, 7) is 6.71. The van der Waals surface area contributed by atoms with E-state index in [0.29, 0.717) is 10.9 Å². The molecule has 0 amide bonds. The Morgan fingerprint density at radius 2 is 1.69 bits per heavy atom. The molecule has 1 N–H and O–H groups in total. The van der Waals surface area contributed by atoms with Crippen molar-refractivity contribution < 1.29 is 14.6 Å². The molecule has 0 aliphatic carbocycles. The molecule has 0 spiro atoms. The highest BCUT2D eigenvalue weighted by Crippen LogP contribution is 2.25. The zero-order chi connectivity index (χ0) is 20.9. The number of methoxy groups -OCH3 is 1. The first-order chi connectivity index (χ1) is 13.9. The average Bonchev–Trinajstić information content (AvgIpc) is 3.19. The maximum Gasteiger partial charge on any atom is 0.214 e. The minimum absolute atomic E-state index is 0.0998. The molecule has 1 atom stereocenters. The largest absolute Gasteiger partial charge is 0.497 e. The second kappa shape index (κ2) is 9.28. The third-order valence-electron chi connectivity index (χ3n) is 4.33. The summed E-state index contributed by atoms with van der Waals surface area (Å²) >= 11 is 1.37. The van der Waals surface area contributed by atoms with E-state index in [1.54, 1.807) is 11.8 Å². The van der Waals surface area contributed by atoms with Gasteiger partial charge in [-0.25, -0.2) is 0 Å². The lowest BCUT2D eigenvalue weighted by atomic mass is 9.87. The summed E-state index contributed by atoms with van der Waals surface area (Å²) < 4.78 is 12.5. The molecule has 3 rings (SSSR count). The molecular weight excluding hydrogens is 388 g/mol. The van der Waals surface area contributed by atoms with E-state index in [1.165, 1.54) is 17.3 Å². The highest BCUT2D eigenvalue weighted by atomic mass is 32.2. The number of benzene rings is 2. The highest BCUT2D eigenvalue weighted by molar-refractivity contribution is 7.99. The van der Waals surface area contributed by atoms with Gasteiger partial charge in [0.1, 0.15) is 18.1 Å². The van der Waals surface area contributed by atoms with Crippen LogP contribution in [0.5, 0.6) is 11.5 Å². The summed E-state index contributed by atoms with van der Waals surface area (Å²) in [6.07, 6.45) is -0.650. The Kier molecular flexibility index (Phi) is 6.76. The van der Waals surface area contributed by atoms with E-state index in [-0.39, 0.29) is 12.0 Å². The minimum atomic E-state index is -0.650. The third-order valence-corrected chi connectivity index (χ3v) is 5.39. The zero-order valence-corrected chi connectivity index (χ0v) is 17.9. The van der Waals surface area contributed by atoms with E-state index in [4.69, 9.17) is 9.47 Å². The van der Waals surface area contributed by atoms with E-state index < -0.39 is 6.10 Å². The predicted molar refractivity (Wildman–Crippen MR) is 113 cm³/mol. The monoisotopic (exact) mass is 414 g/mol. The van der Waals surface area contributed by atoms with Crippen molar-refractivity contribution >= 4 is 11.8 Å². The molecule has 0 bridgehead atoms. The predicted octanol–water partition coefficient (Wildman–Crippen LogP) is 3.50. The molecule has 2 aromatic carbocycles. The zero-order valence-electron chi connectivity index (χ0n) is 17.1. The molecule has 154 valence electrons. The van der Waals surface area contributed by atoms with Crippen LogP contribution in [0.15, 0.2) is 53.7 Å². The number of thioether (sulfide) groups is 1. The van der Waals surface area contributed by atoms with Crippen LogP contribution >= 0.6 is 11.8 Å². The maximum atomic E-state index is 10.3. The summed E-state index contributed by atoms with van der Waals surface area (Å²) in [5.41, 5.74) is 2.16. The maximum absolute atomic E-state index is 10.3. The summed E-state index contributed by atoms with van der Waals surface area (Å²) in [5, 5.41) is 22.7. The van der Waals surface area contributed by atoms with Crippen LogP contribution in [0.1, 0.15) is 26.3 Å². The second-order valence-corrected chi connectivity index (χ2v) is 8.61. The Morgan fingerprint density at radius 1 is 1.03 bits per heavy atom. The summed E-state index contributed by atoms with van der Waals surface area (Å²) in [4.78, 5) is 0. The van der Waals surface area contributed by atoms with Crippen LogP contribution < -0.4 is 9.47 Å². The third kappa shape index (κ3) is 5.71. The van der Waals surface area contributed by atoms with Crippen molar-refractivity contribution in [3.8, 4) is 17.2 Å². The molecule has 0 unspecified atom stereocenters. The van der Waals surface area contributed by atoms with E-state index in [1.807, 2.05) is 36.4 Å². The van der Waals surface area contributed by atoms with Crippen LogP contribution in [0.2, 0.25) is 0 Å². The van der Waals surface area contributed by atoms with E-state index in [2.05, 4.69) is 48.4 Å². The minimum Gasteiger partial charge on any atom is -0.497 e. The fourth-order valence-electron chi connectivity index (χ4n) is 2.62. The van der Waals surface area contributed by atoms with E-state index >= 15 is 0 Å². The molecule has 1 heterocycles. The summed E-state index contributed by atoms with van der Waals surface area (Å²) in [6, 6.07) is 15.4. The van der Waals surface area contributed by atoms with E-state index in [9.17, 15) is 5.11 Å². The number of hydrogen-bond acceptors (Lipinski definition) is 7. The number of aliphatic hydroxyl groups is 1. The normalized spacial score (nSPS) is 12.6. The van der Waals surface area contributed by atoms with Gasteiger partial charge in [0.2, 0.25) is 5.16 Å². The van der Waals surface area contributed by atoms with Gasteiger partial charge in [0, 0.05) is 5.75 Å². The second-order valence-electron chi connectivity index (χ2n) is 7.62. The summed E-state index contributed by atoms with van der Waals surface area (Å²) in [7, 11) is 1.62. The van der Waals surface area contributed by atoms with Gasteiger partial charge in [-0.2, -0.15) is 4.68 Å². The van der Waals surface area contributed by atoms with Crippen LogP contribution in [0.4, 0.5) is 0 Å². The molecule has 29 heavy (non-hydrogen) atoms. The van der Waals surface area contributed by atoms with Crippen LogP contribution in [0, 0.1) is 0 Å². The molecule has 0 radical (unpaired) electrons. The number of rotatable bonds is 8. The number of nitrogens with zero attached hydrogens (tertiary/aromatic N) is 4. The fourth-order valence-corrected chi connectivity index (χ4v) is 3.41. The van der Waals surface area contributed by atoms with Gasteiger partial charge in [-0.1, -0.05) is 44.7 Å². The van der Waals surface area contributed by atoms with Crippen LogP contribution in [0.25, 0.3) is 5.69 Å². The molecule has 0 aliphatic rings. The molecule has 0 saturated carbocycles. The van der Waals surface area contributed by atoms with Gasteiger partial charge in [-0.3, -0.25) is 0 Å². The van der Waals surface area contributed by atoms with Crippen LogP contribution in [-0.4, -0.2) is 50.9 Å². The van der Waals surface area contributed by atoms with Crippen molar-refractivity contribution in [3.63, 3.8) is 0 Å². The van der Waals surface area contributed by atoms with Gasteiger partial charge in [0.25, 0.3) is 0 Å². The summed E-state index contributed by atoms with van der Waals surface area (Å²) in [5.74, 6) is 1.92. The van der Waals surface area contributed by atoms with Crippen molar-refractivity contribution in [3.05, 3.63) is 54.1 Å². The molecule has 1 aromatic heterocycles. The molecule has 0 aliphatic heterocycles. The van der Waals surface area contributed by atoms with Gasteiger partial charge < -0.3 is 14.6 Å². The van der Waals surface area contributed by atoms with Crippen LogP contribution in [-0.2, 0) is 5.41 Å². The Labute approximate surface area is 175 Å². The molecular formula is C21H26N4O3S. The first kappa shape index (κ1) is 21.1. The van der Waals surface area contributed by atoms with E-state index in [0.717, 1.165) is 17.2 Å². The molecule has 0 saturated heterocycles. The van der Waals surface area contributed by atoms with Gasteiger partial charge in [-0.05, 0) is 57.8 Å². The van der Waals surface area contributed by atoms with Crippen molar-refractivity contribution in [1.29, 1.82) is 0 Å². The van der Waals surface area contributed by atoms with Crippen molar-refractivity contribution in [2.24, 2.45) is 0 Å². The number of tetrazole rings is 1. The number of aliphatic hydroxyl groups excluding tert-OH is 1. The van der Waals surface area contributed by atoms with Crippen molar-refractivity contribution in [2.45, 2.75) is 37.4 Å². The molecule has 8 heteroatoms. The van der Waals surface area contributed by atoms with Gasteiger partial charge >= 0.3 is 0 Å². The highest BCUT2D eigenvalue weighted by Gasteiger charge is 2.15. The lowest BCUT2D eigenvalue weighted by molar-refractivity contribution is 0.126. The number of ether oxygens (including phenoxy) is 2. The fraction of sp³-hybridized carbons (Fsp3) is 0.381. The molecule has 7 nitrogen and oxygen atoms in total. The smallest absolute Gasteiger partial charge is 0.214 e. The first-order valence-electron chi connectivity index (χ1n) is 9.34. The van der Waals surface area contributed by atoms with Crippen molar-refractivity contribution in [2.75, 3.05) is 19.5 Å². The number of aromatic nitrogens is 4. The Bertz CT molecular complexity index is 905. The average molecular weight is 415 g/mol. The standard InChI is InChI=1S/C21H26N4O3S/c1-21(2,3)15-5-9-19(10-6-15)28-13-17(26)14-29-20-22-23-24-25(20)16-7-11-18(27-4)12-8-16/h5-12,17,26H,13-14H2,1-4H3/t17-/m0/s1. The Morgan fingerprint density at radius 3 is 2.31 bits per heavy atom. The topological polar surface area (TPSA) is 82.3 Å². The van der Waals surface area contributed by atoms with Gasteiger partial charge in [-0.15, -0.1) is 5.10 Å². The van der Waals surface area contributed by atoms with Gasteiger partial charge in [0.15, 0.2) is 0 Å². The molecule has 3 aromatic rings. The Balaban J connectivity index is 1.52. The van der Waals surface area contributed by atoms with Crippen LogP contribution in [0.3, 0.4) is 0 Å². The Hall–Kier alpha value is -2.58. The SMILES string of the molecule is COc1ccc(-n2nnnc2SC[C@@H](O)COc2ccc(C(C)(C)C)cc2)cc1. The molecule has 0 fully saturated rings. The lowest BCUT2D eigenvalue weighted by Crippen LogP contribution is -2.20.